The molecule has 0 N–H and O–H groups in total. The molecule has 4 rings (SSSR count). The summed E-state index contributed by atoms with van der Waals surface area (Å²) in [6, 6.07) is 30.9. The Morgan fingerprint density at radius 3 is 1.72 bits per heavy atom. The van der Waals surface area contributed by atoms with Crippen LogP contribution in [0.25, 0.3) is 6.08 Å². The van der Waals surface area contributed by atoms with Gasteiger partial charge in [-0.1, -0.05) is 72.8 Å². The minimum atomic E-state index is -0.615. The number of rotatable bonds is 8. The summed E-state index contributed by atoms with van der Waals surface area (Å²) < 4.78 is 16.3. The molecule has 6 nitrogen and oxygen atoms in total. The zero-order valence-electron chi connectivity index (χ0n) is 19.2. The van der Waals surface area contributed by atoms with Gasteiger partial charge in [0.25, 0.3) is 0 Å². The second-order valence-electron chi connectivity index (χ2n) is 7.64. The Hall–Kier alpha value is -4.97. The SMILES string of the molecule is O=C(/C=C/c1ccc(OC(=O)c2ccccc2)c(OC(=O)c2ccccc2)c1)OCc1ccccc1. The lowest BCUT2D eigenvalue weighted by Gasteiger charge is -2.12. The maximum absolute atomic E-state index is 12.7. The summed E-state index contributed by atoms with van der Waals surface area (Å²) in [5, 5.41) is 0. The van der Waals surface area contributed by atoms with Gasteiger partial charge in [-0.05, 0) is 53.6 Å². The molecule has 0 bridgehead atoms. The van der Waals surface area contributed by atoms with E-state index in [-0.39, 0.29) is 18.1 Å². The molecule has 4 aromatic carbocycles. The van der Waals surface area contributed by atoms with E-state index in [1.54, 1.807) is 66.7 Å². The highest BCUT2D eigenvalue weighted by atomic mass is 16.6. The summed E-state index contributed by atoms with van der Waals surface area (Å²) in [5.41, 5.74) is 2.10. The molecule has 0 radical (unpaired) electrons. The van der Waals surface area contributed by atoms with Gasteiger partial charge in [-0.25, -0.2) is 14.4 Å². The van der Waals surface area contributed by atoms with Crippen LogP contribution < -0.4 is 9.47 Å². The fraction of sp³-hybridized carbons (Fsp3) is 0.0333. The first-order chi connectivity index (χ1) is 17.6. The van der Waals surface area contributed by atoms with Crippen LogP contribution in [0.4, 0.5) is 0 Å². The molecule has 178 valence electrons. The Kier molecular flexibility index (Phi) is 8.02. The highest BCUT2D eigenvalue weighted by molar-refractivity contribution is 5.93. The topological polar surface area (TPSA) is 78.9 Å². The Labute approximate surface area is 208 Å². The van der Waals surface area contributed by atoms with E-state index < -0.39 is 17.9 Å². The van der Waals surface area contributed by atoms with Gasteiger partial charge in [0.15, 0.2) is 11.5 Å². The quantitative estimate of drug-likeness (QED) is 0.179. The molecule has 0 spiro atoms. The number of hydrogen-bond acceptors (Lipinski definition) is 6. The van der Waals surface area contributed by atoms with Crippen molar-refractivity contribution in [2.24, 2.45) is 0 Å². The number of carbonyl (C=O) groups excluding carboxylic acids is 3. The summed E-state index contributed by atoms with van der Waals surface area (Å²) in [7, 11) is 0. The number of carbonyl (C=O) groups is 3. The minimum absolute atomic E-state index is 0.0351. The lowest BCUT2D eigenvalue weighted by Crippen LogP contribution is -2.12. The molecule has 0 saturated heterocycles. The van der Waals surface area contributed by atoms with Crippen LogP contribution in [0.2, 0.25) is 0 Å². The molecule has 0 atom stereocenters. The van der Waals surface area contributed by atoms with Gasteiger partial charge in [0.2, 0.25) is 0 Å². The van der Waals surface area contributed by atoms with Gasteiger partial charge in [0.05, 0.1) is 11.1 Å². The zero-order chi connectivity index (χ0) is 25.2. The van der Waals surface area contributed by atoms with E-state index in [0.717, 1.165) is 5.56 Å². The average molecular weight is 479 g/mol. The predicted octanol–water partition coefficient (Wildman–Crippen LogP) is 5.88. The molecule has 0 aliphatic carbocycles. The van der Waals surface area contributed by atoms with Crippen LogP contribution in [0.15, 0.2) is 115 Å². The molecule has 0 unspecified atom stereocenters. The zero-order valence-corrected chi connectivity index (χ0v) is 19.2. The standard InChI is InChI=1S/C30H22O6/c31-28(34-21-23-10-4-1-5-11-23)19-17-22-16-18-26(35-29(32)24-12-6-2-7-13-24)27(20-22)36-30(33)25-14-8-3-9-15-25/h1-20H,21H2/b19-17+. The van der Waals surface area contributed by atoms with E-state index in [1.165, 1.54) is 24.3 Å². The summed E-state index contributed by atoms with van der Waals surface area (Å²) in [6.07, 6.45) is 2.80. The Morgan fingerprint density at radius 1 is 0.611 bits per heavy atom. The molecule has 0 saturated carbocycles. The molecule has 4 aromatic rings. The van der Waals surface area contributed by atoms with Crippen molar-refractivity contribution in [3.05, 3.63) is 138 Å². The maximum atomic E-state index is 12.7. The van der Waals surface area contributed by atoms with Crippen LogP contribution in [0, 0.1) is 0 Å². The molecule has 0 heterocycles. The number of hydrogen-bond donors (Lipinski definition) is 0. The van der Waals surface area contributed by atoms with Crippen LogP contribution in [-0.2, 0) is 16.1 Å². The number of benzene rings is 4. The van der Waals surface area contributed by atoms with Gasteiger partial charge in [-0.15, -0.1) is 0 Å². The van der Waals surface area contributed by atoms with Crippen molar-refractivity contribution >= 4 is 24.0 Å². The van der Waals surface area contributed by atoms with Gasteiger partial charge in [0, 0.05) is 6.08 Å². The van der Waals surface area contributed by atoms with Crippen LogP contribution in [0.1, 0.15) is 31.8 Å². The first kappa shape index (κ1) is 24.2. The van der Waals surface area contributed by atoms with E-state index in [9.17, 15) is 14.4 Å². The van der Waals surface area contributed by atoms with Gasteiger partial charge in [0.1, 0.15) is 6.61 Å². The van der Waals surface area contributed by atoms with Crippen molar-refractivity contribution in [1.82, 2.24) is 0 Å². The first-order valence-corrected chi connectivity index (χ1v) is 11.2. The molecule has 0 aliphatic rings. The highest BCUT2D eigenvalue weighted by Gasteiger charge is 2.17. The van der Waals surface area contributed by atoms with Crippen molar-refractivity contribution < 1.29 is 28.6 Å². The lowest BCUT2D eigenvalue weighted by atomic mass is 10.1. The number of ether oxygens (including phenoxy) is 3. The second-order valence-corrected chi connectivity index (χ2v) is 7.64. The Bertz CT molecular complexity index is 1360. The summed E-state index contributed by atoms with van der Waals surface area (Å²) in [5.74, 6) is -1.64. The fourth-order valence-electron chi connectivity index (χ4n) is 3.20. The monoisotopic (exact) mass is 478 g/mol. The summed E-state index contributed by atoms with van der Waals surface area (Å²) in [6.45, 7) is 0.151. The minimum Gasteiger partial charge on any atom is -0.458 e. The third kappa shape index (κ3) is 6.77. The molecular weight excluding hydrogens is 456 g/mol. The van der Waals surface area contributed by atoms with Gasteiger partial charge in [-0.3, -0.25) is 0 Å². The van der Waals surface area contributed by atoms with Gasteiger partial charge in [-0.2, -0.15) is 0 Å². The third-order valence-electron chi connectivity index (χ3n) is 5.03. The van der Waals surface area contributed by atoms with E-state index >= 15 is 0 Å². The second kappa shape index (κ2) is 11.9. The molecule has 0 aliphatic heterocycles. The van der Waals surface area contributed by atoms with Crippen molar-refractivity contribution in [3.63, 3.8) is 0 Å². The molecular formula is C30H22O6. The summed E-state index contributed by atoms with van der Waals surface area (Å²) >= 11 is 0. The fourth-order valence-corrected chi connectivity index (χ4v) is 3.20. The summed E-state index contributed by atoms with van der Waals surface area (Å²) in [4.78, 5) is 37.4. The highest BCUT2D eigenvalue weighted by Crippen LogP contribution is 2.30. The molecule has 6 heteroatoms. The van der Waals surface area contributed by atoms with Crippen molar-refractivity contribution in [3.8, 4) is 11.5 Å². The predicted molar refractivity (Wildman–Crippen MR) is 135 cm³/mol. The van der Waals surface area contributed by atoms with Crippen molar-refractivity contribution in [2.75, 3.05) is 0 Å². The van der Waals surface area contributed by atoms with Crippen LogP contribution >= 0.6 is 0 Å². The lowest BCUT2D eigenvalue weighted by molar-refractivity contribution is -0.138. The molecule has 0 aromatic heterocycles. The first-order valence-electron chi connectivity index (χ1n) is 11.2. The molecule has 36 heavy (non-hydrogen) atoms. The maximum Gasteiger partial charge on any atom is 0.343 e. The van der Waals surface area contributed by atoms with E-state index in [4.69, 9.17) is 14.2 Å². The van der Waals surface area contributed by atoms with E-state index in [0.29, 0.717) is 16.7 Å². The van der Waals surface area contributed by atoms with Crippen LogP contribution in [0.5, 0.6) is 11.5 Å². The smallest absolute Gasteiger partial charge is 0.343 e. The van der Waals surface area contributed by atoms with Crippen LogP contribution in [0.3, 0.4) is 0 Å². The average Bonchev–Trinajstić information content (AvgIpc) is 2.93. The number of esters is 3. The molecule has 0 fully saturated rings. The van der Waals surface area contributed by atoms with Gasteiger partial charge >= 0.3 is 17.9 Å². The third-order valence-corrected chi connectivity index (χ3v) is 5.03. The Balaban J connectivity index is 1.52. The van der Waals surface area contributed by atoms with Gasteiger partial charge < -0.3 is 14.2 Å². The van der Waals surface area contributed by atoms with Crippen molar-refractivity contribution in [2.45, 2.75) is 6.61 Å². The largest absolute Gasteiger partial charge is 0.458 e. The van der Waals surface area contributed by atoms with E-state index in [2.05, 4.69) is 0 Å². The van der Waals surface area contributed by atoms with Crippen LogP contribution in [-0.4, -0.2) is 17.9 Å². The Morgan fingerprint density at radius 2 is 1.14 bits per heavy atom. The van der Waals surface area contributed by atoms with Crippen molar-refractivity contribution in [1.29, 1.82) is 0 Å². The van der Waals surface area contributed by atoms with E-state index in [1.807, 2.05) is 30.3 Å². The molecule has 0 amide bonds. The normalized spacial score (nSPS) is 10.6.